The van der Waals surface area contributed by atoms with E-state index in [-0.39, 0.29) is 18.4 Å². The maximum Gasteiger partial charge on any atom is 0.405 e. The van der Waals surface area contributed by atoms with Gasteiger partial charge in [-0.25, -0.2) is 9.78 Å². The van der Waals surface area contributed by atoms with Crippen LogP contribution in [0, 0.1) is 17.2 Å². The van der Waals surface area contributed by atoms with E-state index in [0.29, 0.717) is 16.5 Å². The lowest BCUT2D eigenvalue weighted by Crippen LogP contribution is -2.41. The Morgan fingerprint density at radius 3 is 2.81 bits per heavy atom. The lowest BCUT2D eigenvalue weighted by atomic mass is 9.95. The van der Waals surface area contributed by atoms with Gasteiger partial charge in [0.25, 0.3) is 0 Å². The molecule has 1 rings (SSSR count). The molecule has 21 heavy (non-hydrogen) atoms. The predicted octanol–water partition coefficient (Wildman–Crippen LogP) is 2.99. The highest BCUT2D eigenvalue weighted by Crippen LogP contribution is 2.24. The van der Waals surface area contributed by atoms with Gasteiger partial charge in [-0.05, 0) is 41.3 Å². The number of nitrogens with two attached hydrogens (primary N) is 1. The van der Waals surface area contributed by atoms with Crippen LogP contribution in [-0.4, -0.2) is 23.3 Å². The first-order valence-corrected chi connectivity index (χ1v) is 7.22. The van der Waals surface area contributed by atoms with Crippen LogP contribution in [0.5, 0.6) is 5.88 Å². The van der Waals surface area contributed by atoms with E-state index in [9.17, 15) is 4.79 Å². The number of ether oxygens (including phenoxy) is 2. The van der Waals surface area contributed by atoms with Crippen LogP contribution in [0.2, 0.25) is 0 Å². The number of hydrogen-bond acceptors (Lipinski definition) is 5. The van der Waals surface area contributed by atoms with E-state index in [2.05, 4.69) is 20.9 Å². The fourth-order valence-corrected chi connectivity index (χ4v) is 2.41. The van der Waals surface area contributed by atoms with Crippen LogP contribution in [0.3, 0.4) is 0 Å². The first-order valence-electron chi connectivity index (χ1n) is 6.42. The molecule has 0 unspecified atom stereocenters. The number of nitriles is 1. The second-order valence-electron chi connectivity index (χ2n) is 5.38. The van der Waals surface area contributed by atoms with Crippen molar-refractivity contribution >= 4 is 22.0 Å². The number of primary amides is 1. The first-order chi connectivity index (χ1) is 9.75. The largest absolute Gasteiger partial charge is 0.472 e. The molecule has 6 nitrogen and oxygen atoms in total. The highest BCUT2D eigenvalue weighted by molar-refractivity contribution is 9.10. The number of pyridine rings is 1. The SMILES string of the molecule is CC(C)C[C@@](C)(COc1ncc(Br)cc1C#N)OC(N)=O. The predicted molar refractivity (Wildman–Crippen MR) is 80.7 cm³/mol. The minimum Gasteiger partial charge on any atom is -0.472 e. The molecule has 0 aromatic carbocycles. The van der Waals surface area contributed by atoms with Gasteiger partial charge in [0.15, 0.2) is 0 Å². The Bertz CT molecular complexity index is 557. The van der Waals surface area contributed by atoms with Crippen molar-refractivity contribution in [3.63, 3.8) is 0 Å². The number of aromatic nitrogens is 1. The Morgan fingerprint density at radius 1 is 1.62 bits per heavy atom. The van der Waals surface area contributed by atoms with Crippen LogP contribution in [0.25, 0.3) is 0 Å². The van der Waals surface area contributed by atoms with Crippen molar-refractivity contribution in [2.75, 3.05) is 6.61 Å². The minimum atomic E-state index is -0.874. The number of carbonyl (C=O) groups is 1. The Hall–Kier alpha value is -1.81. The molecule has 0 spiro atoms. The molecule has 0 saturated heterocycles. The number of carbonyl (C=O) groups excluding carboxylic acids is 1. The molecule has 0 saturated carbocycles. The van der Waals surface area contributed by atoms with Crippen LogP contribution < -0.4 is 10.5 Å². The smallest absolute Gasteiger partial charge is 0.405 e. The summed E-state index contributed by atoms with van der Waals surface area (Å²) in [5.41, 5.74) is 4.54. The van der Waals surface area contributed by atoms with Crippen LogP contribution in [-0.2, 0) is 4.74 Å². The van der Waals surface area contributed by atoms with Crippen molar-refractivity contribution in [3.8, 4) is 11.9 Å². The quantitative estimate of drug-likeness (QED) is 0.845. The summed E-state index contributed by atoms with van der Waals surface area (Å²) in [7, 11) is 0. The van der Waals surface area contributed by atoms with Gasteiger partial charge in [0.2, 0.25) is 5.88 Å². The number of halogens is 1. The van der Waals surface area contributed by atoms with Crippen molar-refractivity contribution in [1.82, 2.24) is 4.98 Å². The Morgan fingerprint density at radius 2 is 2.29 bits per heavy atom. The summed E-state index contributed by atoms with van der Waals surface area (Å²) in [4.78, 5) is 15.1. The highest BCUT2D eigenvalue weighted by atomic mass is 79.9. The van der Waals surface area contributed by atoms with E-state index in [1.807, 2.05) is 19.9 Å². The Kier molecular flexibility index (Phi) is 5.97. The third-order valence-corrected chi connectivity index (χ3v) is 3.07. The summed E-state index contributed by atoms with van der Waals surface area (Å²) in [5.74, 6) is 0.481. The summed E-state index contributed by atoms with van der Waals surface area (Å²) in [5, 5.41) is 9.07. The molecule has 0 aliphatic carbocycles. The van der Waals surface area contributed by atoms with Crippen molar-refractivity contribution in [3.05, 3.63) is 22.3 Å². The molecule has 1 atom stereocenters. The van der Waals surface area contributed by atoms with Gasteiger partial charge in [-0.1, -0.05) is 13.8 Å². The first kappa shape index (κ1) is 17.2. The minimum absolute atomic E-state index is 0.0669. The highest BCUT2D eigenvalue weighted by Gasteiger charge is 2.31. The fraction of sp³-hybridized carbons (Fsp3) is 0.500. The Balaban J connectivity index is 2.86. The molecule has 0 fully saturated rings. The summed E-state index contributed by atoms with van der Waals surface area (Å²) in [6, 6.07) is 3.61. The number of rotatable bonds is 6. The maximum atomic E-state index is 11.0. The topological polar surface area (TPSA) is 98.2 Å². The maximum absolute atomic E-state index is 11.0. The van der Waals surface area contributed by atoms with Gasteiger partial charge in [0, 0.05) is 10.7 Å². The summed E-state index contributed by atoms with van der Waals surface area (Å²) in [6.07, 6.45) is 1.25. The zero-order chi connectivity index (χ0) is 16.0. The molecule has 0 aliphatic rings. The van der Waals surface area contributed by atoms with Gasteiger partial charge < -0.3 is 15.2 Å². The lowest BCUT2D eigenvalue weighted by Gasteiger charge is -2.30. The molecule has 1 heterocycles. The van der Waals surface area contributed by atoms with Crippen LogP contribution in [0.1, 0.15) is 32.8 Å². The average molecular weight is 356 g/mol. The zero-order valence-corrected chi connectivity index (χ0v) is 13.8. The van der Waals surface area contributed by atoms with E-state index in [4.69, 9.17) is 20.5 Å². The number of amides is 1. The molecule has 1 amide bonds. The van der Waals surface area contributed by atoms with Gasteiger partial charge in [-0.3, -0.25) is 0 Å². The number of nitrogens with zero attached hydrogens (tertiary/aromatic N) is 2. The average Bonchev–Trinajstić information content (AvgIpc) is 2.35. The lowest BCUT2D eigenvalue weighted by molar-refractivity contribution is -0.0197. The van der Waals surface area contributed by atoms with Crippen molar-refractivity contribution in [2.45, 2.75) is 32.8 Å². The zero-order valence-electron chi connectivity index (χ0n) is 12.2. The second-order valence-corrected chi connectivity index (χ2v) is 6.29. The monoisotopic (exact) mass is 355 g/mol. The molecule has 0 radical (unpaired) electrons. The fourth-order valence-electron chi connectivity index (χ4n) is 2.08. The second kappa shape index (κ2) is 7.27. The summed E-state index contributed by atoms with van der Waals surface area (Å²) in [6.45, 7) is 5.81. The molecule has 0 bridgehead atoms. The van der Waals surface area contributed by atoms with Gasteiger partial charge in [0.05, 0.1) is 0 Å². The Labute approximate surface area is 132 Å². The molecule has 1 aromatic heterocycles. The third-order valence-electron chi connectivity index (χ3n) is 2.64. The van der Waals surface area contributed by atoms with Gasteiger partial charge in [-0.2, -0.15) is 5.26 Å². The van der Waals surface area contributed by atoms with E-state index < -0.39 is 11.7 Å². The van der Waals surface area contributed by atoms with Crippen molar-refractivity contribution < 1.29 is 14.3 Å². The van der Waals surface area contributed by atoms with E-state index >= 15 is 0 Å². The third kappa shape index (κ3) is 5.60. The van der Waals surface area contributed by atoms with Crippen molar-refractivity contribution in [2.24, 2.45) is 11.7 Å². The summed E-state index contributed by atoms with van der Waals surface area (Å²) < 4.78 is 11.4. The van der Waals surface area contributed by atoms with E-state index in [1.165, 1.54) is 6.20 Å². The standard InChI is InChI=1S/C14H18BrN3O3/c1-9(2)5-14(3,21-13(17)19)8-20-12-10(6-16)4-11(15)7-18-12/h4,7,9H,5,8H2,1-3H3,(H2,17,19)/t14-/m0/s1. The molecule has 2 N–H and O–H groups in total. The molecule has 114 valence electrons. The normalized spacial score (nSPS) is 13.3. The van der Waals surface area contributed by atoms with Crippen molar-refractivity contribution in [1.29, 1.82) is 5.26 Å². The van der Waals surface area contributed by atoms with Gasteiger partial charge >= 0.3 is 6.09 Å². The molecule has 7 heteroatoms. The van der Waals surface area contributed by atoms with Crippen LogP contribution in [0.4, 0.5) is 4.79 Å². The number of hydrogen-bond donors (Lipinski definition) is 1. The molecular formula is C14H18BrN3O3. The van der Waals surface area contributed by atoms with Crippen LogP contribution in [0.15, 0.2) is 16.7 Å². The van der Waals surface area contributed by atoms with Gasteiger partial charge in [0.1, 0.15) is 23.8 Å². The molecular weight excluding hydrogens is 338 g/mol. The van der Waals surface area contributed by atoms with E-state index in [0.717, 1.165) is 0 Å². The summed E-state index contributed by atoms with van der Waals surface area (Å²) >= 11 is 3.24. The van der Waals surface area contributed by atoms with Gasteiger partial charge in [-0.15, -0.1) is 0 Å². The van der Waals surface area contributed by atoms with Crippen LogP contribution >= 0.6 is 15.9 Å². The van der Waals surface area contributed by atoms with E-state index in [1.54, 1.807) is 13.0 Å². The molecule has 1 aromatic rings. The molecule has 0 aliphatic heterocycles.